The molecule has 3 aromatic rings. The highest BCUT2D eigenvalue weighted by atomic mass is 35.5. The van der Waals surface area contributed by atoms with E-state index in [1.54, 1.807) is 47.6 Å². The van der Waals surface area contributed by atoms with E-state index >= 15 is 0 Å². The van der Waals surface area contributed by atoms with Crippen LogP contribution in [0.5, 0.6) is 5.75 Å². The molecule has 2 amide bonds. The fourth-order valence-electron chi connectivity index (χ4n) is 5.32. The number of ketones is 3. The molecule has 0 bridgehead atoms. The fourth-order valence-corrected chi connectivity index (χ4v) is 6.67. The molecule has 1 aliphatic heterocycles. The number of halogens is 3. The second kappa shape index (κ2) is 16.6. The number of benzene rings is 2. The highest BCUT2D eigenvalue weighted by molar-refractivity contribution is 7.53. The normalized spacial score (nSPS) is 16.5. The lowest BCUT2D eigenvalue weighted by Gasteiger charge is -2.24. The van der Waals surface area contributed by atoms with E-state index in [1.165, 1.54) is 48.0 Å². The fraction of sp³-hybridized carbons (Fsp3) is 0.486. The number of amides is 2. The zero-order valence-electron chi connectivity index (χ0n) is 30.8. The maximum absolute atomic E-state index is 14.7. The first-order valence-electron chi connectivity index (χ1n) is 16.9. The molecule has 12 nitrogen and oxygen atoms in total. The Morgan fingerprint density at radius 3 is 2.19 bits per heavy atom. The van der Waals surface area contributed by atoms with E-state index in [2.05, 4.69) is 5.32 Å². The lowest BCUT2D eigenvalue weighted by molar-refractivity contribution is -0.139. The Bertz CT molecular complexity index is 1920. The van der Waals surface area contributed by atoms with E-state index in [9.17, 15) is 37.3 Å². The molecule has 0 unspecified atom stereocenters. The van der Waals surface area contributed by atoms with Crippen molar-refractivity contribution >= 4 is 59.3 Å². The standard InChI is InChI=1S/C37H45ClF2N3O9P/c1-22(44)27-17-42(18-33(47)43-16-24(39)13-30(43)35(48)41-15-23-9-8-10-28(38)34(23)40)29-14-25(11-12-26(27)29)50-21-53(49,51-19-31(45)36(2,3)4)52-20-32(46)37(5,6)7/h8-12,14,17,24,30H,13,15-16,18-21H2,1-7H3,(H,41,48)/t24-,30+/m1/s1. The van der Waals surface area contributed by atoms with Crippen LogP contribution in [0.1, 0.15) is 70.8 Å². The van der Waals surface area contributed by atoms with Crippen molar-refractivity contribution in [1.29, 1.82) is 0 Å². The molecule has 0 spiro atoms. The number of nitrogens with one attached hydrogen (secondary N) is 1. The van der Waals surface area contributed by atoms with Gasteiger partial charge in [0.2, 0.25) is 11.8 Å². The predicted octanol–water partition coefficient (Wildman–Crippen LogP) is 6.68. The molecule has 0 radical (unpaired) electrons. The summed E-state index contributed by atoms with van der Waals surface area (Å²) in [5.74, 6) is -2.86. The van der Waals surface area contributed by atoms with Gasteiger partial charge in [-0.2, -0.15) is 0 Å². The SMILES string of the molecule is CC(=O)c1cn(CC(=O)N2C[C@H](F)C[C@H]2C(=O)NCc2cccc(Cl)c2F)c2cc(OCP(=O)(OCC(=O)C(C)(C)C)OCC(=O)C(C)(C)C)ccc12. The number of ether oxygens (including phenoxy) is 1. The van der Waals surface area contributed by atoms with E-state index in [1.807, 2.05) is 0 Å². The Kier molecular flexibility index (Phi) is 13.1. The minimum absolute atomic E-state index is 0.119. The zero-order chi connectivity index (χ0) is 39.5. The van der Waals surface area contributed by atoms with Crippen LogP contribution in [0.2, 0.25) is 5.02 Å². The van der Waals surface area contributed by atoms with Gasteiger partial charge in [-0.15, -0.1) is 0 Å². The van der Waals surface area contributed by atoms with Crippen molar-refractivity contribution in [3.8, 4) is 5.75 Å². The summed E-state index contributed by atoms with van der Waals surface area (Å²) in [7, 11) is -4.19. The third kappa shape index (κ3) is 10.6. The number of nitrogens with zero attached hydrogens (tertiary/aromatic N) is 2. The number of carbonyl (C=O) groups is 5. The molecule has 2 aromatic carbocycles. The zero-order valence-corrected chi connectivity index (χ0v) is 32.4. The van der Waals surface area contributed by atoms with Crippen LogP contribution >= 0.6 is 19.2 Å². The van der Waals surface area contributed by atoms with Gasteiger partial charge in [0.25, 0.3) is 0 Å². The van der Waals surface area contributed by atoms with Crippen LogP contribution < -0.4 is 10.1 Å². The van der Waals surface area contributed by atoms with Crippen molar-refractivity contribution < 1.29 is 51.1 Å². The van der Waals surface area contributed by atoms with Crippen molar-refractivity contribution in [1.82, 2.24) is 14.8 Å². The second-order valence-corrected chi connectivity index (χ2v) is 17.4. The number of alkyl halides is 1. The van der Waals surface area contributed by atoms with Crippen molar-refractivity contribution in [2.45, 2.75) is 80.2 Å². The third-order valence-electron chi connectivity index (χ3n) is 8.74. The third-order valence-corrected chi connectivity index (χ3v) is 10.5. The molecule has 1 fully saturated rings. The van der Waals surface area contributed by atoms with Gasteiger partial charge >= 0.3 is 7.60 Å². The van der Waals surface area contributed by atoms with Crippen molar-refractivity contribution in [2.75, 3.05) is 26.1 Å². The molecule has 2 atom stereocenters. The van der Waals surface area contributed by atoms with Crippen LogP contribution in [-0.2, 0) is 45.9 Å². The van der Waals surface area contributed by atoms with Gasteiger partial charge in [0, 0.05) is 52.6 Å². The topological polar surface area (TPSA) is 150 Å². The minimum atomic E-state index is -4.19. The van der Waals surface area contributed by atoms with Gasteiger partial charge in [-0.3, -0.25) is 37.6 Å². The van der Waals surface area contributed by atoms with Crippen LogP contribution in [-0.4, -0.2) is 77.0 Å². The second-order valence-electron chi connectivity index (χ2n) is 15.0. The Morgan fingerprint density at radius 1 is 0.981 bits per heavy atom. The molecule has 1 saturated heterocycles. The average Bonchev–Trinajstić information content (AvgIpc) is 3.65. The first kappa shape index (κ1) is 41.8. The molecule has 16 heteroatoms. The Labute approximate surface area is 312 Å². The molecule has 288 valence electrons. The van der Waals surface area contributed by atoms with Crippen molar-refractivity contribution in [3.05, 3.63) is 64.6 Å². The number of fused-ring (bicyclic) bond motifs is 1. The van der Waals surface area contributed by atoms with Gasteiger partial charge in [0.1, 0.15) is 43.5 Å². The summed E-state index contributed by atoms with van der Waals surface area (Å²) in [4.78, 5) is 65.6. The number of carbonyl (C=O) groups excluding carboxylic acids is 5. The Morgan fingerprint density at radius 2 is 1.60 bits per heavy atom. The van der Waals surface area contributed by atoms with Gasteiger partial charge in [-0.1, -0.05) is 65.3 Å². The maximum Gasteiger partial charge on any atom is 0.368 e. The number of Topliss-reactive ketones (excluding diaryl/α,β-unsaturated/α-hetero) is 3. The lowest BCUT2D eigenvalue weighted by Crippen LogP contribution is -2.46. The molecular weight excluding hydrogens is 735 g/mol. The molecule has 0 aliphatic carbocycles. The molecular formula is C37H45ClF2N3O9P. The van der Waals surface area contributed by atoms with E-state index in [-0.39, 0.29) is 65.3 Å². The Hall–Kier alpha value is -3.97. The van der Waals surface area contributed by atoms with E-state index in [4.69, 9.17) is 25.4 Å². The molecule has 1 N–H and O–H groups in total. The summed E-state index contributed by atoms with van der Waals surface area (Å²) in [5.41, 5.74) is -0.832. The highest BCUT2D eigenvalue weighted by Crippen LogP contribution is 2.49. The quantitative estimate of drug-likeness (QED) is 0.132. The Balaban J connectivity index is 1.54. The number of hydrogen-bond donors (Lipinski definition) is 1. The van der Waals surface area contributed by atoms with Gasteiger partial charge in [0.05, 0.1) is 17.1 Å². The molecule has 2 heterocycles. The summed E-state index contributed by atoms with van der Waals surface area (Å²) in [6, 6.07) is 7.73. The van der Waals surface area contributed by atoms with E-state index in [0.29, 0.717) is 10.9 Å². The van der Waals surface area contributed by atoms with Gasteiger partial charge in [-0.05, 0) is 25.1 Å². The molecule has 1 aliphatic rings. The van der Waals surface area contributed by atoms with Crippen LogP contribution in [0.4, 0.5) is 8.78 Å². The first-order chi connectivity index (χ1) is 24.6. The van der Waals surface area contributed by atoms with Gasteiger partial charge in [0.15, 0.2) is 23.7 Å². The van der Waals surface area contributed by atoms with Crippen LogP contribution in [0.25, 0.3) is 10.9 Å². The molecule has 53 heavy (non-hydrogen) atoms. The predicted molar refractivity (Wildman–Crippen MR) is 194 cm³/mol. The number of rotatable bonds is 15. The molecule has 4 rings (SSSR count). The van der Waals surface area contributed by atoms with E-state index < -0.39 is 67.8 Å². The van der Waals surface area contributed by atoms with E-state index in [0.717, 1.165) is 4.90 Å². The summed E-state index contributed by atoms with van der Waals surface area (Å²) in [5, 5.41) is 2.90. The first-order valence-corrected chi connectivity index (χ1v) is 19.1. The molecule has 1 aromatic heterocycles. The number of hydrogen-bond acceptors (Lipinski definition) is 9. The van der Waals surface area contributed by atoms with Crippen molar-refractivity contribution in [3.63, 3.8) is 0 Å². The highest BCUT2D eigenvalue weighted by Gasteiger charge is 2.40. The lowest BCUT2D eigenvalue weighted by atomic mass is 9.91. The van der Waals surface area contributed by atoms with Crippen LogP contribution in [0.15, 0.2) is 42.6 Å². The maximum atomic E-state index is 14.7. The van der Waals surface area contributed by atoms with Crippen LogP contribution in [0.3, 0.4) is 0 Å². The van der Waals surface area contributed by atoms with Crippen molar-refractivity contribution in [2.24, 2.45) is 10.8 Å². The molecule has 0 saturated carbocycles. The number of aromatic nitrogens is 1. The summed E-state index contributed by atoms with van der Waals surface area (Å²) in [6.07, 6.45) is -0.953. The minimum Gasteiger partial charge on any atom is -0.481 e. The summed E-state index contributed by atoms with van der Waals surface area (Å²) >= 11 is 5.83. The monoisotopic (exact) mass is 779 g/mol. The summed E-state index contributed by atoms with van der Waals surface area (Å²) < 4.78 is 61.0. The summed E-state index contributed by atoms with van der Waals surface area (Å²) in [6.45, 7) is 9.34. The largest absolute Gasteiger partial charge is 0.481 e. The average molecular weight is 780 g/mol. The smallest absolute Gasteiger partial charge is 0.368 e. The van der Waals surface area contributed by atoms with Gasteiger partial charge in [-0.25, -0.2) is 8.78 Å². The van der Waals surface area contributed by atoms with Crippen LogP contribution in [0, 0.1) is 16.6 Å². The van der Waals surface area contributed by atoms with Gasteiger partial charge < -0.3 is 19.5 Å². The number of likely N-dealkylation sites (tertiary alicyclic amines) is 1.